The van der Waals surface area contributed by atoms with Crippen molar-refractivity contribution in [3.63, 3.8) is 0 Å². The van der Waals surface area contributed by atoms with Gasteiger partial charge in [-0.05, 0) is 74.5 Å². The minimum Gasteiger partial charge on any atom is -0.393 e. The van der Waals surface area contributed by atoms with Crippen LogP contribution in [-0.2, 0) is 4.79 Å². The lowest BCUT2D eigenvalue weighted by Crippen LogP contribution is -2.65. The van der Waals surface area contributed by atoms with Gasteiger partial charge in [-0.25, -0.2) is 0 Å². The second-order valence-corrected chi connectivity index (χ2v) is 9.14. The molecule has 4 aliphatic rings. The summed E-state index contributed by atoms with van der Waals surface area (Å²) in [6, 6.07) is 0. The fraction of sp³-hybridized carbons (Fsp3) is 0.947. The maximum atomic E-state index is 12.4. The van der Waals surface area contributed by atoms with Gasteiger partial charge in [0.1, 0.15) is 5.78 Å². The lowest BCUT2D eigenvalue weighted by atomic mass is 9.43. The number of ketones is 1. The number of carbonyl (C=O) groups is 1. The summed E-state index contributed by atoms with van der Waals surface area (Å²) >= 11 is 0. The number of carbonyl (C=O) groups excluding carboxylic acids is 1. The zero-order valence-electron chi connectivity index (χ0n) is 14.0. The minimum atomic E-state index is -0.620. The molecule has 3 nitrogen and oxygen atoms in total. The largest absolute Gasteiger partial charge is 0.393 e. The first-order chi connectivity index (χ1) is 10.3. The molecule has 0 bridgehead atoms. The summed E-state index contributed by atoms with van der Waals surface area (Å²) < 4.78 is 0. The third-order valence-electron chi connectivity index (χ3n) is 8.53. The smallest absolute Gasteiger partial charge is 0.139 e. The highest BCUT2D eigenvalue weighted by Crippen LogP contribution is 2.67. The van der Waals surface area contributed by atoms with Crippen LogP contribution < -0.4 is 0 Å². The molecule has 0 spiro atoms. The third-order valence-corrected chi connectivity index (χ3v) is 8.53. The number of aliphatic hydroxyl groups excluding tert-OH is 1. The highest BCUT2D eigenvalue weighted by atomic mass is 16.3. The molecule has 124 valence electrons. The molecule has 4 saturated carbocycles. The van der Waals surface area contributed by atoms with Gasteiger partial charge in [0.2, 0.25) is 0 Å². The minimum absolute atomic E-state index is 0.0673. The van der Waals surface area contributed by atoms with Crippen molar-refractivity contribution in [2.75, 3.05) is 0 Å². The molecule has 0 aliphatic heterocycles. The van der Waals surface area contributed by atoms with E-state index in [1.165, 1.54) is 0 Å². The normalized spacial score (nSPS) is 57.9. The monoisotopic (exact) mass is 306 g/mol. The molecule has 0 radical (unpaired) electrons. The van der Waals surface area contributed by atoms with E-state index < -0.39 is 5.60 Å². The van der Waals surface area contributed by atoms with Gasteiger partial charge in [0, 0.05) is 11.8 Å². The van der Waals surface area contributed by atoms with Crippen molar-refractivity contribution >= 4 is 5.78 Å². The molecular weight excluding hydrogens is 276 g/mol. The molecule has 0 amide bonds. The van der Waals surface area contributed by atoms with Crippen LogP contribution in [0.1, 0.15) is 71.6 Å². The van der Waals surface area contributed by atoms with E-state index in [9.17, 15) is 15.0 Å². The molecule has 3 heteroatoms. The van der Waals surface area contributed by atoms with Crippen LogP contribution in [0.4, 0.5) is 0 Å². The topological polar surface area (TPSA) is 57.5 Å². The van der Waals surface area contributed by atoms with E-state index in [1.54, 1.807) is 0 Å². The lowest BCUT2D eigenvalue weighted by Gasteiger charge is -2.64. The number of Topliss-reactive ketones (excluding diaryl/α,β-unsaturated/α-hetero) is 1. The number of aliphatic hydroxyl groups is 2. The van der Waals surface area contributed by atoms with Gasteiger partial charge in [-0.15, -0.1) is 0 Å². The second kappa shape index (κ2) is 4.57. The Kier molecular flexibility index (Phi) is 3.14. The van der Waals surface area contributed by atoms with Crippen molar-refractivity contribution in [1.29, 1.82) is 0 Å². The van der Waals surface area contributed by atoms with Gasteiger partial charge in [-0.2, -0.15) is 0 Å². The average Bonchev–Trinajstić information content (AvgIpc) is 2.77. The molecule has 0 aromatic rings. The first-order valence-corrected chi connectivity index (χ1v) is 9.25. The molecule has 22 heavy (non-hydrogen) atoms. The van der Waals surface area contributed by atoms with Gasteiger partial charge >= 0.3 is 0 Å². The number of hydrogen-bond donors (Lipinski definition) is 2. The van der Waals surface area contributed by atoms with E-state index in [2.05, 4.69) is 13.8 Å². The molecule has 7 atom stereocenters. The fourth-order valence-corrected chi connectivity index (χ4v) is 6.95. The molecule has 2 N–H and O–H groups in total. The maximum absolute atomic E-state index is 12.4. The Morgan fingerprint density at radius 3 is 2.55 bits per heavy atom. The molecular formula is C19H30O3. The first kappa shape index (κ1) is 15.1. The van der Waals surface area contributed by atoms with E-state index in [0.717, 1.165) is 51.4 Å². The number of hydrogen-bond acceptors (Lipinski definition) is 3. The molecule has 0 aromatic carbocycles. The van der Waals surface area contributed by atoms with Crippen molar-refractivity contribution in [1.82, 2.24) is 0 Å². The van der Waals surface area contributed by atoms with Crippen molar-refractivity contribution in [2.45, 2.75) is 83.3 Å². The van der Waals surface area contributed by atoms with Gasteiger partial charge in [-0.1, -0.05) is 13.8 Å². The summed E-state index contributed by atoms with van der Waals surface area (Å²) in [5.74, 6) is 1.54. The third kappa shape index (κ3) is 1.67. The van der Waals surface area contributed by atoms with Gasteiger partial charge in [0.25, 0.3) is 0 Å². The summed E-state index contributed by atoms with van der Waals surface area (Å²) in [4.78, 5) is 12.4. The summed E-state index contributed by atoms with van der Waals surface area (Å²) in [5, 5.41) is 21.8. The van der Waals surface area contributed by atoms with Gasteiger partial charge in [0.15, 0.2) is 0 Å². The Morgan fingerprint density at radius 2 is 1.77 bits per heavy atom. The van der Waals surface area contributed by atoms with Crippen molar-refractivity contribution < 1.29 is 15.0 Å². The summed E-state index contributed by atoms with van der Waals surface area (Å²) in [7, 11) is 0. The van der Waals surface area contributed by atoms with Crippen LogP contribution in [0.5, 0.6) is 0 Å². The fourth-order valence-electron chi connectivity index (χ4n) is 6.95. The number of fused-ring (bicyclic) bond motifs is 5. The number of rotatable bonds is 0. The predicted molar refractivity (Wildman–Crippen MR) is 84.2 cm³/mol. The van der Waals surface area contributed by atoms with E-state index in [4.69, 9.17) is 0 Å². The summed E-state index contributed by atoms with van der Waals surface area (Å²) in [5.41, 5.74) is -0.860. The van der Waals surface area contributed by atoms with Crippen molar-refractivity contribution in [3.8, 4) is 0 Å². The zero-order chi connectivity index (χ0) is 15.8. The SMILES string of the molecule is C[C@]12CC[C@@H](O)C[C@@H]1CC[C@@H]1[C@H]3CCC(=O)[C@@]3(C)CC[C@@]12O. The van der Waals surface area contributed by atoms with Gasteiger partial charge in [0.05, 0.1) is 11.7 Å². The Balaban J connectivity index is 1.71. The van der Waals surface area contributed by atoms with E-state index in [1.807, 2.05) is 0 Å². The van der Waals surface area contributed by atoms with Crippen LogP contribution in [0.15, 0.2) is 0 Å². The molecule has 4 rings (SSSR count). The van der Waals surface area contributed by atoms with Crippen LogP contribution in [0, 0.1) is 28.6 Å². The Hall–Kier alpha value is -0.410. The van der Waals surface area contributed by atoms with Crippen LogP contribution >= 0.6 is 0 Å². The maximum Gasteiger partial charge on any atom is 0.139 e. The standard InChI is InChI=1S/C19H30O3/c1-17-9-10-19(22)15(14(17)5-6-16(17)21)4-3-12-11-13(20)7-8-18(12,19)2/h12-15,20,22H,3-11H2,1-2H3/t12-,13+,14+,15+,17-,18-,19+/m0/s1. The Labute approximate surface area is 133 Å². The van der Waals surface area contributed by atoms with E-state index >= 15 is 0 Å². The molecule has 0 unspecified atom stereocenters. The van der Waals surface area contributed by atoms with Crippen molar-refractivity contribution in [3.05, 3.63) is 0 Å². The highest BCUT2D eigenvalue weighted by molar-refractivity contribution is 5.87. The average molecular weight is 306 g/mol. The molecule has 4 aliphatic carbocycles. The van der Waals surface area contributed by atoms with Crippen LogP contribution in [0.2, 0.25) is 0 Å². The van der Waals surface area contributed by atoms with Crippen LogP contribution in [-0.4, -0.2) is 27.7 Å². The highest BCUT2D eigenvalue weighted by Gasteiger charge is 2.66. The molecule has 0 saturated heterocycles. The first-order valence-electron chi connectivity index (χ1n) is 9.25. The van der Waals surface area contributed by atoms with E-state index in [0.29, 0.717) is 24.0 Å². The van der Waals surface area contributed by atoms with Crippen LogP contribution in [0.25, 0.3) is 0 Å². The summed E-state index contributed by atoms with van der Waals surface area (Å²) in [6.45, 7) is 4.43. The van der Waals surface area contributed by atoms with Crippen molar-refractivity contribution in [2.24, 2.45) is 28.6 Å². The van der Waals surface area contributed by atoms with Gasteiger partial charge in [-0.3, -0.25) is 4.79 Å². The molecule has 4 fully saturated rings. The van der Waals surface area contributed by atoms with E-state index in [-0.39, 0.29) is 22.9 Å². The van der Waals surface area contributed by atoms with Gasteiger partial charge < -0.3 is 10.2 Å². The zero-order valence-corrected chi connectivity index (χ0v) is 14.0. The second-order valence-electron chi connectivity index (χ2n) is 9.14. The summed E-state index contributed by atoms with van der Waals surface area (Å²) in [6.07, 6.45) is 7.91. The molecule has 0 aromatic heterocycles. The van der Waals surface area contributed by atoms with Crippen LogP contribution in [0.3, 0.4) is 0 Å². The predicted octanol–water partition coefficient (Wildman–Crippen LogP) is 3.07. The molecule has 0 heterocycles. The Morgan fingerprint density at radius 1 is 1.00 bits per heavy atom. The quantitative estimate of drug-likeness (QED) is 0.723. The Bertz CT molecular complexity index is 503. The lowest BCUT2D eigenvalue weighted by molar-refractivity contribution is -0.236.